The molecule has 4 nitrogen and oxygen atoms in total. The van der Waals surface area contributed by atoms with Crippen molar-refractivity contribution in [1.82, 2.24) is 9.62 Å². The Labute approximate surface area is 130 Å². The molecule has 5 heteroatoms. The lowest BCUT2D eigenvalue weighted by molar-refractivity contribution is 0.232. The van der Waals surface area contributed by atoms with Crippen LogP contribution in [0.4, 0.5) is 0 Å². The van der Waals surface area contributed by atoms with E-state index in [0.717, 1.165) is 25.3 Å². The fraction of sp³-hybridized carbons (Fsp3) is 1.00. The molecule has 0 amide bonds. The second-order valence-corrected chi connectivity index (χ2v) is 9.03. The van der Waals surface area contributed by atoms with E-state index in [1.807, 2.05) is 0 Å². The predicted molar refractivity (Wildman–Crippen MR) is 87.8 cm³/mol. The minimum absolute atomic E-state index is 0.488. The Balaban J connectivity index is 1.69. The van der Waals surface area contributed by atoms with Gasteiger partial charge in [-0.25, -0.2) is 12.7 Å². The minimum Gasteiger partial charge on any atom is -0.314 e. The van der Waals surface area contributed by atoms with E-state index < -0.39 is 10.0 Å². The average molecular weight is 317 g/mol. The third-order valence-corrected chi connectivity index (χ3v) is 6.46. The highest BCUT2D eigenvalue weighted by Gasteiger charge is 2.27. The lowest BCUT2D eigenvalue weighted by Gasteiger charge is -2.34. The van der Waals surface area contributed by atoms with Gasteiger partial charge in [0.15, 0.2) is 0 Å². The van der Waals surface area contributed by atoms with E-state index in [2.05, 4.69) is 12.2 Å². The van der Waals surface area contributed by atoms with Crippen molar-refractivity contribution in [2.45, 2.75) is 64.3 Å². The monoisotopic (exact) mass is 316 g/mol. The van der Waals surface area contributed by atoms with Crippen molar-refractivity contribution in [3.63, 3.8) is 0 Å². The van der Waals surface area contributed by atoms with Crippen LogP contribution in [-0.2, 0) is 10.0 Å². The summed E-state index contributed by atoms with van der Waals surface area (Å²) >= 11 is 0. The van der Waals surface area contributed by atoms with Crippen molar-refractivity contribution in [3.05, 3.63) is 0 Å². The van der Waals surface area contributed by atoms with Gasteiger partial charge in [0.05, 0.1) is 6.26 Å². The molecule has 1 saturated carbocycles. The lowest BCUT2D eigenvalue weighted by atomic mass is 9.83. The molecule has 2 rings (SSSR count). The van der Waals surface area contributed by atoms with Gasteiger partial charge in [-0.1, -0.05) is 19.8 Å². The molecule has 0 aromatic rings. The summed E-state index contributed by atoms with van der Waals surface area (Å²) in [7, 11) is -3.01. The van der Waals surface area contributed by atoms with Crippen molar-refractivity contribution < 1.29 is 8.42 Å². The Morgan fingerprint density at radius 2 is 1.81 bits per heavy atom. The summed E-state index contributed by atoms with van der Waals surface area (Å²) in [5.41, 5.74) is 0. The van der Waals surface area contributed by atoms with Crippen molar-refractivity contribution in [2.24, 2.45) is 11.8 Å². The van der Waals surface area contributed by atoms with Crippen molar-refractivity contribution in [1.29, 1.82) is 0 Å². The first-order valence-corrected chi connectivity index (χ1v) is 10.5. The summed E-state index contributed by atoms with van der Waals surface area (Å²) in [4.78, 5) is 0. The summed E-state index contributed by atoms with van der Waals surface area (Å²) in [5.74, 6) is 1.44. The Kier molecular flexibility index (Phi) is 6.51. The molecule has 1 saturated heterocycles. The molecule has 124 valence electrons. The maximum atomic E-state index is 11.6. The van der Waals surface area contributed by atoms with E-state index in [-0.39, 0.29) is 0 Å². The number of piperidine rings is 1. The highest BCUT2D eigenvalue weighted by atomic mass is 32.2. The first-order chi connectivity index (χ1) is 9.99. The SMILES string of the molecule is CCCC1CCC(NCC2CCCN(S(C)(=O)=O)C2)CC1. The van der Waals surface area contributed by atoms with Crippen LogP contribution in [-0.4, -0.2) is 44.7 Å². The zero-order valence-corrected chi connectivity index (χ0v) is 14.5. The summed E-state index contributed by atoms with van der Waals surface area (Å²) in [6, 6.07) is 0.659. The van der Waals surface area contributed by atoms with Crippen LogP contribution in [0.2, 0.25) is 0 Å². The van der Waals surface area contributed by atoms with E-state index in [1.165, 1.54) is 44.8 Å². The number of hydrogen-bond donors (Lipinski definition) is 1. The van der Waals surface area contributed by atoms with Crippen LogP contribution in [0.1, 0.15) is 58.3 Å². The minimum atomic E-state index is -3.01. The first-order valence-electron chi connectivity index (χ1n) is 8.67. The van der Waals surface area contributed by atoms with Gasteiger partial charge >= 0.3 is 0 Å². The molecule has 21 heavy (non-hydrogen) atoms. The summed E-state index contributed by atoms with van der Waals surface area (Å²) in [5, 5.41) is 3.70. The smallest absolute Gasteiger partial charge is 0.211 e. The largest absolute Gasteiger partial charge is 0.314 e. The third-order valence-electron chi connectivity index (χ3n) is 5.19. The predicted octanol–water partition coefficient (Wildman–Crippen LogP) is 2.61. The first kappa shape index (κ1) is 17.2. The molecule has 1 atom stereocenters. The molecule has 0 radical (unpaired) electrons. The van der Waals surface area contributed by atoms with Crippen molar-refractivity contribution >= 4 is 10.0 Å². The number of rotatable bonds is 6. The average Bonchev–Trinajstić information content (AvgIpc) is 2.46. The van der Waals surface area contributed by atoms with Gasteiger partial charge in [-0.3, -0.25) is 0 Å². The van der Waals surface area contributed by atoms with Gasteiger partial charge in [-0.2, -0.15) is 0 Å². The van der Waals surface area contributed by atoms with Crippen LogP contribution in [0.15, 0.2) is 0 Å². The molecule has 2 fully saturated rings. The van der Waals surface area contributed by atoms with E-state index in [0.29, 0.717) is 25.0 Å². The third kappa shape index (κ3) is 5.53. The Morgan fingerprint density at radius 1 is 1.10 bits per heavy atom. The van der Waals surface area contributed by atoms with E-state index in [9.17, 15) is 8.42 Å². The molecule has 0 aromatic heterocycles. The molecule has 2 aliphatic rings. The van der Waals surface area contributed by atoms with Crippen LogP contribution in [0.25, 0.3) is 0 Å². The van der Waals surface area contributed by atoms with Gasteiger partial charge in [0.25, 0.3) is 0 Å². The molecule has 1 N–H and O–H groups in total. The summed E-state index contributed by atoms with van der Waals surface area (Å²) in [6.45, 7) is 4.67. The van der Waals surface area contributed by atoms with Crippen LogP contribution in [0, 0.1) is 11.8 Å². The Morgan fingerprint density at radius 3 is 2.43 bits per heavy atom. The normalized spacial score (nSPS) is 32.2. The van der Waals surface area contributed by atoms with Gasteiger partial charge in [-0.15, -0.1) is 0 Å². The number of nitrogens with zero attached hydrogens (tertiary/aromatic N) is 1. The standard InChI is InChI=1S/C16H32N2O2S/c1-3-5-14-7-9-16(10-8-14)17-12-15-6-4-11-18(13-15)21(2,19)20/h14-17H,3-13H2,1-2H3. The van der Waals surface area contributed by atoms with E-state index in [4.69, 9.17) is 0 Å². The Hall–Kier alpha value is -0.130. The van der Waals surface area contributed by atoms with Crippen molar-refractivity contribution in [2.75, 3.05) is 25.9 Å². The molecule has 1 heterocycles. The summed E-state index contributed by atoms with van der Waals surface area (Å²) < 4.78 is 24.9. The highest BCUT2D eigenvalue weighted by Crippen LogP contribution is 2.28. The zero-order chi connectivity index (χ0) is 15.3. The number of sulfonamides is 1. The van der Waals surface area contributed by atoms with Crippen LogP contribution in [0.3, 0.4) is 0 Å². The lowest BCUT2D eigenvalue weighted by Crippen LogP contribution is -2.44. The van der Waals surface area contributed by atoms with Crippen LogP contribution in [0.5, 0.6) is 0 Å². The molecule has 0 aromatic carbocycles. The number of hydrogen-bond acceptors (Lipinski definition) is 3. The number of nitrogens with one attached hydrogen (secondary N) is 1. The quantitative estimate of drug-likeness (QED) is 0.819. The second-order valence-electron chi connectivity index (χ2n) is 7.04. The molecular formula is C16H32N2O2S. The zero-order valence-electron chi connectivity index (χ0n) is 13.7. The Bertz CT molecular complexity index is 403. The maximum absolute atomic E-state index is 11.6. The van der Waals surface area contributed by atoms with E-state index in [1.54, 1.807) is 4.31 Å². The fourth-order valence-electron chi connectivity index (χ4n) is 3.89. The van der Waals surface area contributed by atoms with Gasteiger partial charge in [0.1, 0.15) is 0 Å². The topological polar surface area (TPSA) is 49.4 Å². The van der Waals surface area contributed by atoms with Crippen LogP contribution >= 0.6 is 0 Å². The molecule has 1 unspecified atom stereocenters. The molecular weight excluding hydrogens is 284 g/mol. The maximum Gasteiger partial charge on any atom is 0.211 e. The molecule has 1 aliphatic carbocycles. The molecule has 1 aliphatic heterocycles. The van der Waals surface area contributed by atoms with Gasteiger partial charge in [0, 0.05) is 19.1 Å². The molecule has 0 bridgehead atoms. The fourth-order valence-corrected chi connectivity index (χ4v) is 4.83. The van der Waals surface area contributed by atoms with Gasteiger partial charge in [-0.05, 0) is 56.9 Å². The second kappa shape index (κ2) is 7.93. The highest BCUT2D eigenvalue weighted by molar-refractivity contribution is 7.88. The van der Waals surface area contributed by atoms with Crippen molar-refractivity contribution in [3.8, 4) is 0 Å². The van der Waals surface area contributed by atoms with Gasteiger partial charge in [0.2, 0.25) is 10.0 Å². The summed E-state index contributed by atoms with van der Waals surface area (Å²) in [6.07, 6.45) is 11.5. The molecule has 0 spiro atoms. The van der Waals surface area contributed by atoms with E-state index >= 15 is 0 Å². The van der Waals surface area contributed by atoms with Crippen LogP contribution < -0.4 is 5.32 Å². The van der Waals surface area contributed by atoms with Gasteiger partial charge < -0.3 is 5.32 Å².